The van der Waals surface area contributed by atoms with Gasteiger partial charge in [-0.05, 0) is 50.7 Å². The standard InChI is InChI=1S/C20H28N2O4/c1-13-7-6-8-14(2)19(13)22-17(23)12-21-20(25)15(3)26-18(24)11-16-9-4-5-10-16/h6-8,15-16H,4-5,9-12H2,1-3H3,(H,21,25)(H,22,23)/t15-/m1/s1. The van der Waals surface area contributed by atoms with Crippen LogP contribution in [0.3, 0.4) is 0 Å². The summed E-state index contributed by atoms with van der Waals surface area (Å²) in [5.74, 6) is -0.762. The molecule has 2 rings (SSSR count). The summed E-state index contributed by atoms with van der Waals surface area (Å²) in [4.78, 5) is 36.0. The van der Waals surface area contributed by atoms with Crippen molar-refractivity contribution in [1.29, 1.82) is 0 Å². The van der Waals surface area contributed by atoms with E-state index in [2.05, 4.69) is 10.6 Å². The number of carbonyl (C=O) groups is 3. The molecule has 26 heavy (non-hydrogen) atoms. The van der Waals surface area contributed by atoms with Gasteiger partial charge in [0.2, 0.25) is 5.91 Å². The first-order valence-corrected chi connectivity index (χ1v) is 9.20. The molecule has 1 aliphatic rings. The average molecular weight is 360 g/mol. The van der Waals surface area contributed by atoms with Crippen LogP contribution in [0.4, 0.5) is 5.69 Å². The number of ether oxygens (including phenoxy) is 1. The van der Waals surface area contributed by atoms with Gasteiger partial charge in [0.1, 0.15) is 0 Å². The van der Waals surface area contributed by atoms with Crippen LogP contribution in [0.1, 0.15) is 50.2 Å². The van der Waals surface area contributed by atoms with Gasteiger partial charge in [-0.15, -0.1) is 0 Å². The molecule has 0 spiro atoms. The van der Waals surface area contributed by atoms with Crippen molar-refractivity contribution in [2.75, 3.05) is 11.9 Å². The molecule has 142 valence electrons. The molecule has 1 saturated carbocycles. The van der Waals surface area contributed by atoms with Crippen molar-refractivity contribution in [2.45, 2.75) is 59.0 Å². The Kier molecular flexibility index (Phi) is 7.18. The second-order valence-electron chi connectivity index (χ2n) is 7.02. The zero-order valence-corrected chi connectivity index (χ0v) is 15.8. The normalized spacial score (nSPS) is 15.3. The van der Waals surface area contributed by atoms with Crippen LogP contribution in [0.2, 0.25) is 0 Å². The summed E-state index contributed by atoms with van der Waals surface area (Å²) in [5, 5.41) is 5.31. The molecule has 1 fully saturated rings. The number of para-hydroxylation sites is 1. The third kappa shape index (κ3) is 5.86. The molecular weight excluding hydrogens is 332 g/mol. The lowest BCUT2D eigenvalue weighted by Gasteiger charge is -2.15. The highest BCUT2D eigenvalue weighted by atomic mass is 16.5. The van der Waals surface area contributed by atoms with Crippen LogP contribution in [-0.2, 0) is 19.1 Å². The number of hydrogen-bond donors (Lipinski definition) is 2. The first-order chi connectivity index (χ1) is 12.4. The van der Waals surface area contributed by atoms with Gasteiger partial charge in [-0.25, -0.2) is 0 Å². The van der Waals surface area contributed by atoms with Crippen molar-refractivity contribution in [3.63, 3.8) is 0 Å². The summed E-state index contributed by atoms with van der Waals surface area (Å²) in [6.45, 7) is 5.17. The molecule has 0 bridgehead atoms. The lowest BCUT2D eigenvalue weighted by Crippen LogP contribution is -2.40. The van der Waals surface area contributed by atoms with Gasteiger partial charge in [0.25, 0.3) is 5.91 Å². The molecule has 0 aromatic heterocycles. The molecule has 0 unspecified atom stereocenters. The molecule has 1 aliphatic carbocycles. The Bertz CT molecular complexity index is 646. The first-order valence-electron chi connectivity index (χ1n) is 9.20. The van der Waals surface area contributed by atoms with E-state index in [1.165, 1.54) is 6.92 Å². The van der Waals surface area contributed by atoms with Crippen LogP contribution < -0.4 is 10.6 Å². The van der Waals surface area contributed by atoms with Crippen molar-refractivity contribution >= 4 is 23.5 Å². The van der Waals surface area contributed by atoms with Crippen molar-refractivity contribution in [1.82, 2.24) is 5.32 Å². The van der Waals surface area contributed by atoms with Crippen LogP contribution >= 0.6 is 0 Å². The molecule has 2 N–H and O–H groups in total. The molecule has 1 aromatic rings. The first kappa shape index (κ1) is 19.9. The Balaban J connectivity index is 1.74. The number of rotatable bonds is 7. The topological polar surface area (TPSA) is 84.5 Å². The molecule has 0 radical (unpaired) electrons. The van der Waals surface area contributed by atoms with Crippen LogP contribution in [0, 0.1) is 19.8 Å². The van der Waals surface area contributed by atoms with E-state index >= 15 is 0 Å². The lowest BCUT2D eigenvalue weighted by atomic mass is 10.0. The number of hydrogen-bond acceptors (Lipinski definition) is 4. The fourth-order valence-electron chi connectivity index (χ4n) is 3.26. The lowest BCUT2D eigenvalue weighted by molar-refractivity contribution is -0.155. The summed E-state index contributed by atoms with van der Waals surface area (Å²) in [7, 11) is 0. The highest BCUT2D eigenvalue weighted by Gasteiger charge is 2.23. The second kappa shape index (κ2) is 9.36. The van der Waals surface area contributed by atoms with Crippen molar-refractivity contribution in [2.24, 2.45) is 5.92 Å². The molecule has 0 aliphatic heterocycles. The fraction of sp³-hybridized carbons (Fsp3) is 0.550. The maximum absolute atomic E-state index is 12.1. The highest BCUT2D eigenvalue weighted by molar-refractivity contribution is 5.96. The minimum absolute atomic E-state index is 0.170. The van der Waals surface area contributed by atoms with E-state index < -0.39 is 12.0 Å². The van der Waals surface area contributed by atoms with E-state index in [4.69, 9.17) is 4.74 Å². The maximum Gasteiger partial charge on any atom is 0.306 e. The van der Waals surface area contributed by atoms with Gasteiger partial charge in [0.15, 0.2) is 6.10 Å². The van der Waals surface area contributed by atoms with Gasteiger partial charge in [-0.2, -0.15) is 0 Å². The van der Waals surface area contributed by atoms with E-state index in [9.17, 15) is 14.4 Å². The van der Waals surface area contributed by atoms with Crippen LogP contribution in [0.5, 0.6) is 0 Å². The third-order valence-corrected chi connectivity index (χ3v) is 4.78. The van der Waals surface area contributed by atoms with Gasteiger partial charge in [-0.1, -0.05) is 31.0 Å². The Morgan fingerprint density at radius 2 is 1.77 bits per heavy atom. The summed E-state index contributed by atoms with van der Waals surface area (Å²) in [6.07, 6.45) is 3.87. The quantitative estimate of drug-likeness (QED) is 0.732. The van der Waals surface area contributed by atoms with Crippen molar-refractivity contribution in [3.05, 3.63) is 29.3 Å². The number of benzene rings is 1. The summed E-state index contributed by atoms with van der Waals surface area (Å²) >= 11 is 0. The molecule has 2 amide bonds. The molecule has 0 heterocycles. The molecule has 1 aromatic carbocycles. The van der Waals surface area contributed by atoms with Gasteiger partial charge in [0.05, 0.1) is 6.54 Å². The maximum atomic E-state index is 12.1. The van der Waals surface area contributed by atoms with E-state index in [-0.39, 0.29) is 18.4 Å². The molecule has 6 heteroatoms. The van der Waals surface area contributed by atoms with E-state index in [1.54, 1.807) is 0 Å². The van der Waals surface area contributed by atoms with E-state index in [0.29, 0.717) is 12.3 Å². The van der Waals surface area contributed by atoms with Gasteiger partial charge in [0, 0.05) is 12.1 Å². The number of carbonyl (C=O) groups excluding carboxylic acids is 3. The largest absolute Gasteiger partial charge is 0.453 e. The fourth-order valence-corrected chi connectivity index (χ4v) is 3.26. The van der Waals surface area contributed by atoms with Crippen molar-refractivity contribution in [3.8, 4) is 0 Å². The zero-order valence-electron chi connectivity index (χ0n) is 15.8. The molecule has 1 atom stereocenters. The number of amides is 2. The number of esters is 1. The van der Waals surface area contributed by atoms with Crippen LogP contribution in [0.15, 0.2) is 18.2 Å². The molecule has 0 saturated heterocycles. The Hall–Kier alpha value is -2.37. The Morgan fingerprint density at radius 3 is 2.38 bits per heavy atom. The second-order valence-corrected chi connectivity index (χ2v) is 7.02. The average Bonchev–Trinajstić information content (AvgIpc) is 3.08. The summed E-state index contributed by atoms with van der Waals surface area (Å²) in [6, 6.07) is 5.74. The summed E-state index contributed by atoms with van der Waals surface area (Å²) < 4.78 is 5.18. The predicted octanol–water partition coefficient (Wildman–Crippen LogP) is 2.87. The van der Waals surface area contributed by atoms with Crippen molar-refractivity contribution < 1.29 is 19.1 Å². The Morgan fingerprint density at radius 1 is 1.15 bits per heavy atom. The van der Waals surface area contributed by atoms with Gasteiger partial charge in [-0.3, -0.25) is 14.4 Å². The summed E-state index contributed by atoms with van der Waals surface area (Å²) in [5.41, 5.74) is 2.67. The minimum Gasteiger partial charge on any atom is -0.453 e. The van der Waals surface area contributed by atoms with Crippen LogP contribution in [-0.4, -0.2) is 30.4 Å². The highest BCUT2D eigenvalue weighted by Crippen LogP contribution is 2.27. The van der Waals surface area contributed by atoms with E-state index in [0.717, 1.165) is 42.5 Å². The molecule has 6 nitrogen and oxygen atoms in total. The van der Waals surface area contributed by atoms with Gasteiger partial charge < -0.3 is 15.4 Å². The zero-order chi connectivity index (χ0) is 19.1. The number of nitrogens with one attached hydrogen (secondary N) is 2. The third-order valence-electron chi connectivity index (χ3n) is 4.78. The number of anilines is 1. The SMILES string of the molecule is Cc1cccc(C)c1NC(=O)CNC(=O)[C@@H](C)OC(=O)CC1CCCC1. The van der Waals surface area contributed by atoms with Gasteiger partial charge >= 0.3 is 5.97 Å². The monoisotopic (exact) mass is 360 g/mol. The smallest absolute Gasteiger partial charge is 0.306 e. The minimum atomic E-state index is -0.906. The predicted molar refractivity (Wildman–Crippen MR) is 99.7 cm³/mol. The number of aryl methyl sites for hydroxylation is 2. The van der Waals surface area contributed by atoms with Crippen LogP contribution in [0.25, 0.3) is 0 Å². The Labute approximate surface area is 154 Å². The van der Waals surface area contributed by atoms with E-state index in [1.807, 2.05) is 32.0 Å². The molecular formula is C20H28N2O4.